The summed E-state index contributed by atoms with van der Waals surface area (Å²) in [7, 11) is 0. The van der Waals surface area contributed by atoms with Gasteiger partial charge in [0, 0.05) is 6.61 Å². The predicted molar refractivity (Wildman–Crippen MR) is 51.6 cm³/mol. The third-order valence-electron chi connectivity index (χ3n) is 1.78. The minimum Gasteiger partial charge on any atom is -0.374 e. The Kier molecular flexibility index (Phi) is 4.87. The molecule has 0 saturated carbocycles. The third-order valence-corrected chi connectivity index (χ3v) is 1.78. The first-order valence-corrected chi connectivity index (χ1v) is 4.49. The zero-order valence-electron chi connectivity index (χ0n) is 7.61. The second kappa shape index (κ2) is 6.38. The van der Waals surface area contributed by atoms with Gasteiger partial charge in [-0.3, -0.25) is 0 Å². The van der Waals surface area contributed by atoms with Crippen molar-refractivity contribution < 1.29 is 9.53 Å². The molecule has 2 heteroatoms. The summed E-state index contributed by atoms with van der Waals surface area (Å²) in [5.74, 6) is 0. The van der Waals surface area contributed by atoms with Crippen molar-refractivity contribution in [1.82, 2.24) is 0 Å². The summed E-state index contributed by atoms with van der Waals surface area (Å²) in [4.78, 5) is 9.91. The Balaban J connectivity index is 2.10. The van der Waals surface area contributed by atoms with Crippen molar-refractivity contribution in [3.05, 3.63) is 35.9 Å². The molecule has 0 spiro atoms. The zero-order valence-corrected chi connectivity index (χ0v) is 7.61. The normalized spacial score (nSPS) is 9.85. The van der Waals surface area contributed by atoms with Crippen LogP contribution in [0.25, 0.3) is 0 Å². The second-order valence-electron chi connectivity index (χ2n) is 2.83. The smallest absolute Gasteiger partial charge is 0.145 e. The third kappa shape index (κ3) is 4.43. The van der Waals surface area contributed by atoms with Crippen LogP contribution in [0.3, 0.4) is 0 Å². The van der Waals surface area contributed by atoms with E-state index in [4.69, 9.17) is 4.74 Å². The van der Waals surface area contributed by atoms with Crippen molar-refractivity contribution in [2.24, 2.45) is 0 Å². The van der Waals surface area contributed by atoms with Crippen LogP contribution < -0.4 is 0 Å². The van der Waals surface area contributed by atoms with Crippen LogP contribution in [0, 0.1) is 0 Å². The molecule has 0 saturated heterocycles. The average molecular weight is 178 g/mol. The standard InChI is InChI=1S/C11H14O2/c12-8-10-13-9-4-7-11-5-2-1-3-6-11/h1-3,5-6,8H,4,7,9-10H2. The van der Waals surface area contributed by atoms with Crippen molar-refractivity contribution in [1.29, 1.82) is 0 Å². The number of hydrogen-bond acceptors (Lipinski definition) is 2. The van der Waals surface area contributed by atoms with Gasteiger partial charge in [0.25, 0.3) is 0 Å². The maximum Gasteiger partial charge on any atom is 0.145 e. The fraction of sp³-hybridized carbons (Fsp3) is 0.364. The van der Waals surface area contributed by atoms with Crippen LogP contribution in [0.5, 0.6) is 0 Å². The highest BCUT2D eigenvalue weighted by Gasteiger charge is 1.91. The van der Waals surface area contributed by atoms with Crippen LogP contribution >= 0.6 is 0 Å². The van der Waals surface area contributed by atoms with E-state index in [9.17, 15) is 4.79 Å². The largest absolute Gasteiger partial charge is 0.374 e. The van der Waals surface area contributed by atoms with Gasteiger partial charge in [-0.25, -0.2) is 0 Å². The monoisotopic (exact) mass is 178 g/mol. The van der Waals surface area contributed by atoms with Gasteiger partial charge in [0.05, 0.1) is 0 Å². The fourth-order valence-electron chi connectivity index (χ4n) is 1.15. The first kappa shape index (κ1) is 9.93. The first-order chi connectivity index (χ1) is 6.43. The quantitative estimate of drug-likeness (QED) is 0.490. The molecule has 0 heterocycles. The van der Waals surface area contributed by atoms with Crippen molar-refractivity contribution in [3.63, 3.8) is 0 Å². The Labute approximate surface area is 78.5 Å². The summed E-state index contributed by atoms with van der Waals surface area (Å²) in [6.07, 6.45) is 2.76. The molecule has 13 heavy (non-hydrogen) atoms. The first-order valence-electron chi connectivity index (χ1n) is 4.49. The lowest BCUT2D eigenvalue weighted by atomic mass is 10.1. The van der Waals surface area contributed by atoms with E-state index in [-0.39, 0.29) is 6.61 Å². The molecule has 0 fully saturated rings. The lowest BCUT2D eigenvalue weighted by Crippen LogP contribution is -1.98. The minimum atomic E-state index is 0.217. The molecular formula is C11H14O2. The number of carbonyl (C=O) groups excluding carboxylic acids is 1. The van der Waals surface area contributed by atoms with Gasteiger partial charge in [-0.2, -0.15) is 0 Å². The molecule has 1 rings (SSSR count). The Morgan fingerprint density at radius 2 is 2.00 bits per heavy atom. The van der Waals surface area contributed by atoms with E-state index in [2.05, 4.69) is 12.1 Å². The molecular weight excluding hydrogens is 164 g/mol. The predicted octanol–water partition coefficient (Wildman–Crippen LogP) is 1.83. The molecule has 2 nitrogen and oxygen atoms in total. The minimum absolute atomic E-state index is 0.217. The SMILES string of the molecule is O=CCOCCCc1ccccc1. The molecule has 0 aliphatic rings. The molecule has 1 aromatic rings. The zero-order chi connectivity index (χ0) is 9.36. The van der Waals surface area contributed by atoms with Gasteiger partial charge in [0.1, 0.15) is 12.9 Å². The Bertz CT molecular complexity index is 231. The summed E-state index contributed by atoms with van der Waals surface area (Å²) in [5.41, 5.74) is 1.32. The van der Waals surface area contributed by atoms with Crippen LogP contribution in [0.15, 0.2) is 30.3 Å². The highest BCUT2D eigenvalue weighted by atomic mass is 16.5. The fourth-order valence-corrected chi connectivity index (χ4v) is 1.15. The van der Waals surface area contributed by atoms with E-state index in [0.29, 0.717) is 6.61 Å². The molecule has 0 bridgehead atoms. The van der Waals surface area contributed by atoms with Gasteiger partial charge < -0.3 is 9.53 Å². The van der Waals surface area contributed by atoms with E-state index in [1.54, 1.807) is 0 Å². The molecule has 70 valence electrons. The van der Waals surface area contributed by atoms with Crippen molar-refractivity contribution in [2.75, 3.05) is 13.2 Å². The molecule has 0 unspecified atom stereocenters. The lowest BCUT2D eigenvalue weighted by molar-refractivity contribution is -0.111. The highest BCUT2D eigenvalue weighted by Crippen LogP contribution is 2.01. The number of carbonyl (C=O) groups is 1. The maximum absolute atomic E-state index is 9.91. The van der Waals surface area contributed by atoms with Crippen LogP contribution in [-0.2, 0) is 16.0 Å². The summed E-state index contributed by atoms with van der Waals surface area (Å²) in [5, 5.41) is 0. The summed E-state index contributed by atoms with van der Waals surface area (Å²) in [6.45, 7) is 0.877. The molecule has 0 aliphatic heterocycles. The van der Waals surface area contributed by atoms with Gasteiger partial charge >= 0.3 is 0 Å². The van der Waals surface area contributed by atoms with E-state index in [1.165, 1.54) is 5.56 Å². The molecule has 0 aromatic heterocycles. The number of benzene rings is 1. The second-order valence-corrected chi connectivity index (χ2v) is 2.83. The number of hydrogen-bond donors (Lipinski definition) is 0. The van der Waals surface area contributed by atoms with E-state index < -0.39 is 0 Å². The number of ether oxygens (including phenoxy) is 1. The number of aryl methyl sites for hydroxylation is 1. The summed E-state index contributed by atoms with van der Waals surface area (Å²) < 4.78 is 5.04. The number of rotatable bonds is 6. The van der Waals surface area contributed by atoms with Crippen molar-refractivity contribution in [2.45, 2.75) is 12.8 Å². The Morgan fingerprint density at radius 3 is 2.69 bits per heavy atom. The summed E-state index contributed by atoms with van der Waals surface area (Å²) >= 11 is 0. The highest BCUT2D eigenvalue weighted by molar-refractivity contribution is 5.50. The van der Waals surface area contributed by atoms with Crippen LogP contribution in [0.1, 0.15) is 12.0 Å². The van der Waals surface area contributed by atoms with Gasteiger partial charge in [0.15, 0.2) is 0 Å². The van der Waals surface area contributed by atoms with Crippen LogP contribution in [0.4, 0.5) is 0 Å². The van der Waals surface area contributed by atoms with Gasteiger partial charge in [-0.05, 0) is 18.4 Å². The van der Waals surface area contributed by atoms with Gasteiger partial charge in [0.2, 0.25) is 0 Å². The van der Waals surface area contributed by atoms with Crippen LogP contribution in [0.2, 0.25) is 0 Å². The maximum atomic E-state index is 9.91. The van der Waals surface area contributed by atoms with Gasteiger partial charge in [-0.1, -0.05) is 30.3 Å². The lowest BCUT2D eigenvalue weighted by Gasteiger charge is -2.00. The Hall–Kier alpha value is -1.15. The molecule has 0 atom stereocenters. The topological polar surface area (TPSA) is 26.3 Å². The van der Waals surface area contributed by atoms with Crippen molar-refractivity contribution >= 4 is 6.29 Å². The molecule has 0 aliphatic carbocycles. The van der Waals surface area contributed by atoms with E-state index >= 15 is 0 Å². The van der Waals surface area contributed by atoms with E-state index in [1.807, 2.05) is 18.2 Å². The number of aldehydes is 1. The molecule has 0 amide bonds. The molecule has 0 N–H and O–H groups in total. The molecule has 1 aromatic carbocycles. The van der Waals surface area contributed by atoms with E-state index in [0.717, 1.165) is 19.1 Å². The summed E-state index contributed by atoms with van der Waals surface area (Å²) in [6, 6.07) is 10.3. The van der Waals surface area contributed by atoms with Crippen LogP contribution in [-0.4, -0.2) is 19.5 Å². The van der Waals surface area contributed by atoms with Crippen molar-refractivity contribution in [3.8, 4) is 0 Å². The molecule has 0 radical (unpaired) electrons. The Morgan fingerprint density at radius 1 is 1.23 bits per heavy atom. The average Bonchev–Trinajstić information content (AvgIpc) is 2.19. The van der Waals surface area contributed by atoms with Gasteiger partial charge in [-0.15, -0.1) is 0 Å².